The molecule has 0 bridgehead atoms. The van der Waals surface area contributed by atoms with E-state index in [1.165, 1.54) is 12.1 Å². The van der Waals surface area contributed by atoms with Gasteiger partial charge in [0.1, 0.15) is 5.82 Å². The molecule has 2 rings (SSSR count). The Morgan fingerprint density at radius 1 is 0.917 bits per heavy atom. The van der Waals surface area contributed by atoms with Gasteiger partial charge in [0.05, 0.1) is 23.4 Å². The summed E-state index contributed by atoms with van der Waals surface area (Å²) < 4.78 is 38.0. The summed E-state index contributed by atoms with van der Waals surface area (Å²) in [6, 6.07) is 2.74. The van der Waals surface area contributed by atoms with Gasteiger partial charge in [0.15, 0.2) is 11.5 Å². The first-order valence-electron chi connectivity index (χ1n) is 8.45. The van der Waals surface area contributed by atoms with Gasteiger partial charge in [0.25, 0.3) is 0 Å². The van der Waals surface area contributed by atoms with Crippen molar-refractivity contribution in [2.45, 2.75) is 78.8 Å². The minimum Gasteiger partial charge on any atom is -0.487 e. The molecule has 0 amide bonds. The summed E-state index contributed by atoms with van der Waals surface area (Å²) in [5.74, 6) is 0.425. The molecule has 1 aliphatic rings. The highest BCUT2D eigenvalue weighted by Crippen LogP contribution is 2.38. The van der Waals surface area contributed by atoms with E-state index in [-0.39, 0.29) is 12.2 Å². The summed E-state index contributed by atoms with van der Waals surface area (Å²) in [4.78, 5) is 0. The Morgan fingerprint density at radius 3 is 1.88 bits per heavy atom. The molecule has 6 heteroatoms. The average molecular weight is 338 g/mol. The third kappa shape index (κ3) is 3.86. The second-order valence-electron chi connectivity index (χ2n) is 7.74. The summed E-state index contributed by atoms with van der Waals surface area (Å²) in [5.41, 5.74) is -0.519. The number of hydrogen-bond donors (Lipinski definition) is 0. The minimum atomic E-state index is -0.714. The van der Waals surface area contributed by atoms with Crippen LogP contribution >= 0.6 is 0 Å². The molecule has 0 N–H and O–H groups in total. The van der Waals surface area contributed by atoms with Crippen LogP contribution in [-0.4, -0.2) is 30.5 Å². The van der Waals surface area contributed by atoms with Gasteiger partial charge >= 0.3 is 7.12 Å². The Morgan fingerprint density at radius 2 is 1.42 bits per heavy atom. The third-order valence-corrected chi connectivity index (χ3v) is 4.27. The van der Waals surface area contributed by atoms with Gasteiger partial charge in [0, 0.05) is 11.5 Å². The molecule has 4 nitrogen and oxygen atoms in total. The van der Waals surface area contributed by atoms with E-state index in [0.29, 0.717) is 17.0 Å². The van der Waals surface area contributed by atoms with Crippen LogP contribution in [0.4, 0.5) is 4.39 Å². The number of hydrogen-bond acceptors (Lipinski definition) is 4. The van der Waals surface area contributed by atoms with E-state index in [2.05, 4.69) is 0 Å². The highest BCUT2D eigenvalue weighted by Gasteiger charge is 2.53. The monoisotopic (exact) mass is 338 g/mol. The average Bonchev–Trinajstić information content (AvgIpc) is 2.60. The second kappa shape index (κ2) is 6.56. The van der Waals surface area contributed by atoms with Crippen LogP contribution in [0.5, 0.6) is 11.5 Å². The van der Waals surface area contributed by atoms with Gasteiger partial charge in [-0.2, -0.15) is 0 Å². The van der Waals surface area contributed by atoms with E-state index < -0.39 is 24.1 Å². The van der Waals surface area contributed by atoms with E-state index in [1.807, 2.05) is 55.4 Å². The van der Waals surface area contributed by atoms with Gasteiger partial charge in [-0.1, -0.05) is 0 Å². The van der Waals surface area contributed by atoms with E-state index in [1.54, 1.807) is 0 Å². The summed E-state index contributed by atoms with van der Waals surface area (Å²) in [7, 11) is -0.714. The Bertz CT molecular complexity index is 583. The number of ether oxygens (including phenoxy) is 2. The molecule has 0 radical (unpaired) electrons. The fourth-order valence-electron chi connectivity index (χ4n) is 2.44. The largest absolute Gasteiger partial charge is 0.498 e. The maximum atomic E-state index is 14.2. The molecule has 0 spiro atoms. The zero-order chi connectivity index (χ0) is 18.3. The lowest BCUT2D eigenvalue weighted by Gasteiger charge is -2.32. The molecule has 1 fully saturated rings. The first-order chi connectivity index (χ1) is 10.9. The van der Waals surface area contributed by atoms with Crippen LogP contribution in [0.3, 0.4) is 0 Å². The van der Waals surface area contributed by atoms with Gasteiger partial charge in [-0.25, -0.2) is 4.39 Å². The molecule has 1 aromatic rings. The normalized spacial score (nSPS) is 19.2. The quantitative estimate of drug-likeness (QED) is 0.767. The van der Waals surface area contributed by atoms with E-state index in [4.69, 9.17) is 18.8 Å². The molecule has 1 heterocycles. The van der Waals surface area contributed by atoms with Crippen molar-refractivity contribution in [2.75, 3.05) is 0 Å². The van der Waals surface area contributed by atoms with Crippen molar-refractivity contribution < 1.29 is 23.2 Å². The van der Waals surface area contributed by atoms with Crippen molar-refractivity contribution in [3.8, 4) is 11.5 Å². The summed E-state index contributed by atoms with van der Waals surface area (Å²) >= 11 is 0. The Hall–Kier alpha value is -1.27. The molecular weight excluding hydrogens is 310 g/mol. The van der Waals surface area contributed by atoms with Crippen LogP contribution in [-0.2, 0) is 9.31 Å². The van der Waals surface area contributed by atoms with Gasteiger partial charge in [-0.05, 0) is 61.5 Å². The van der Waals surface area contributed by atoms with Crippen LogP contribution < -0.4 is 14.9 Å². The lowest BCUT2D eigenvalue weighted by molar-refractivity contribution is 0.00578. The molecule has 134 valence electrons. The molecule has 0 unspecified atom stereocenters. The first kappa shape index (κ1) is 19.1. The maximum absolute atomic E-state index is 14.2. The van der Waals surface area contributed by atoms with Gasteiger partial charge in [0.2, 0.25) is 0 Å². The summed E-state index contributed by atoms with van der Waals surface area (Å²) in [5, 5.41) is 0. The van der Waals surface area contributed by atoms with Crippen molar-refractivity contribution in [1.29, 1.82) is 0 Å². The standard InChI is InChI=1S/C18H28BFO4/c1-11(2)21-15-10-13(20)9-14(16(15)22-12(3)4)19-23-17(5,6)18(7,8)24-19/h9-12H,1-8H3. The van der Waals surface area contributed by atoms with Gasteiger partial charge < -0.3 is 18.8 Å². The van der Waals surface area contributed by atoms with Crippen molar-refractivity contribution >= 4 is 12.6 Å². The maximum Gasteiger partial charge on any atom is 0.498 e. The minimum absolute atomic E-state index is 0.0915. The van der Waals surface area contributed by atoms with Crippen LogP contribution in [0, 0.1) is 5.82 Å². The Labute approximate surface area is 144 Å². The van der Waals surface area contributed by atoms with Gasteiger partial charge in [-0.15, -0.1) is 0 Å². The van der Waals surface area contributed by atoms with Crippen LogP contribution in [0.2, 0.25) is 0 Å². The predicted molar refractivity (Wildman–Crippen MR) is 93.6 cm³/mol. The molecule has 1 saturated heterocycles. The number of benzene rings is 1. The second-order valence-corrected chi connectivity index (χ2v) is 7.74. The molecule has 0 aliphatic carbocycles. The number of halogens is 1. The van der Waals surface area contributed by atoms with Gasteiger partial charge in [-0.3, -0.25) is 0 Å². The van der Waals surface area contributed by atoms with Crippen molar-refractivity contribution in [1.82, 2.24) is 0 Å². The highest BCUT2D eigenvalue weighted by molar-refractivity contribution is 6.63. The summed E-state index contributed by atoms with van der Waals surface area (Å²) in [6.07, 6.45) is -0.196. The molecule has 1 aromatic carbocycles. The Kier molecular flexibility index (Phi) is 5.21. The van der Waals surface area contributed by atoms with Crippen molar-refractivity contribution in [2.24, 2.45) is 0 Å². The molecule has 0 atom stereocenters. The molecule has 24 heavy (non-hydrogen) atoms. The van der Waals surface area contributed by atoms with Crippen LogP contribution in [0.15, 0.2) is 12.1 Å². The lowest BCUT2D eigenvalue weighted by Crippen LogP contribution is -2.41. The predicted octanol–water partition coefficient (Wildman–Crippen LogP) is 3.70. The molecule has 0 aromatic heterocycles. The molecular formula is C18H28BFO4. The fraction of sp³-hybridized carbons (Fsp3) is 0.667. The zero-order valence-electron chi connectivity index (χ0n) is 15.9. The fourth-order valence-corrected chi connectivity index (χ4v) is 2.44. The first-order valence-corrected chi connectivity index (χ1v) is 8.45. The van der Waals surface area contributed by atoms with Crippen LogP contribution in [0.1, 0.15) is 55.4 Å². The van der Waals surface area contributed by atoms with E-state index in [9.17, 15) is 4.39 Å². The molecule has 1 aliphatic heterocycles. The zero-order valence-corrected chi connectivity index (χ0v) is 15.9. The van der Waals surface area contributed by atoms with Crippen LogP contribution in [0.25, 0.3) is 0 Å². The highest BCUT2D eigenvalue weighted by atomic mass is 19.1. The SMILES string of the molecule is CC(C)Oc1cc(F)cc(B2OC(C)(C)C(C)(C)O2)c1OC(C)C. The van der Waals surface area contributed by atoms with Crippen molar-refractivity contribution in [3.63, 3.8) is 0 Å². The van der Waals surface area contributed by atoms with E-state index in [0.717, 1.165) is 0 Å². The van der Waals surface area contributed by atoms with Crippen molar-refractivity contribution in [3.05, 3.63) is 17.9 Å². The molecule has 0 saturated carbocycles. The summed E-state index contributed by atoms with van der Waals surface area (Å²) in [6.45, 7) is 15.4. The number of rotatable bonds is 5. The third-order valence-electron chi connectivity index (χ3n) is 4.27. The topological polar surface area (TPSA) is 36.9 Å². The lowest BCUT2D eigenvalue weighted by atomic mass is 9.78. The smallest absolute Gasteiger partial charge is 0.487 e. The Balaban J connectivity index is 2.50. The van der Waals surface area contributed by atoms with E-state index >= 15 is 0 Å².